The van der Waals surface area contributed by atoms with E-state index in [1.807, 2.05) is 48.5 Å². The first-order valence-corrected chi connectivity index (χ1v) is 17.0. The van der Waals surface area contributed by atoms with Gasteiger partial charge in [-0.25, -0.2) is 8.42 Å². The average molecular weight is 535 g/mol. The normalized spacial score (nSPS) is 29.5. The molecule has 4 rings (SSSR count). The second-order valence-corrected chi connectivity index (χ2v) is 17.9. The molecule has 0 aliphatic carbocycles. The first-order chi connectivity index (χ1) is 16.9. The Morgan fingerprint density at radius 1 is 0.944 bits per heavy atom. The third kappa shape index (κ3) is 5.77. The zero-order valence-electron chi connectivity index (χ0n) is 21.9. The van der Waals surface area contributed by atoms with E-state index in [1.165, 1.54) is 0 Å². The van der Waals surface area contributed by atoms with Gasteiger partial charge in [0.1, 0.15) is 24.4 Å². The van der Waals surface area contributed by atoms with Gasteiger partial charge in [0.2, 0.25) is 0 Å². The van der Waals surface area contributed by atoms with Crippen molar-refractivity contribution in [3.63, 3.8) is 0 Å². The van der Waals surface area contributed by atoms with Crippen molar-refractivity contribution in [3.8, 4) is 0 Å². The Balaban J connectivity index is 1.68. The number of sulfone groups is 1. The molecule has 7 nitrogen and oxygen atoms in total. The zero-order chi connectivity index (χ0) is 26.1. The van der Waals surface area contributed by atoms with Crippen molar-refractivity contribution < 1.29 is 31.8 Å². The Hall–Kier alpha value is -1.59. The first kappa shape index (κ1) is 27.4. The van der Waals surface area contributed by atoms with Crippen molar-refractivity contribution in [3.05, 3.63) is 71.8 Å². The van der Waals surface area contributed by atoms with Crippen LogP contribution in [-0.4, -0.2) is 60.3 Å². The molecule has 6 atom stereocenters. The smallest absolute Gasteiger partial charge is 0.192 e. The quantitative estimate of drug-likeness (QED) is 0.470. The van der Waals surface area contributed by atoms with Gasteiger partial charge in [-0.2, -0.15) is 0 Å². The van der Waals surface area contributed by atoms with Crippen molar-refractivity contribution in [1.82, 2.24) is 0 Å². The molecule has 2 aromatic rings. The first-order valence-electron chi connectivity index (χ1n) is 12.4. The fourth-order valence-corrected chi connectivity index (χ4v) is 7.56. The molecular weight excluding hydrogens is 496 g/mol. The lowest BCUT2D eigenvalue weighted by molar-refractivity contribution is -0.320. The number of hydrogen-bond acceptors (Lipinski definition) is 7. The van der Waals surface area contributed by atoms with Crippen LogP contribution in [0.15, 0.2) is 60.7 Å². The summed E-state index contributed by atoms with van der Waals surface area (Å²) in [5.74, 6) is -0.155. The molecule has 0 bridgehead atoms. The molecule has 0 saturated carbocycles. The molecule has 36 heavy (non-hydrogen) atoms. The second kappa shape index (κ2) is 10.6. The molecule has 198 valence electrons. The Bertz CT molecular complexity index is 1100. The summed E-state index contributed by atoms with van der Waals surface area (Å²) < 4.78 is 58.9. The van der Waals surface area contributed by atoms with Crippen LogP contribution in [0.3, 0.4) is 0 Å². The molecule has 0 radical (unpaired) electrons. The van der Waals surface area contributed by atoms with Crippen LogP contribution in [0.25, 0.3) is 0 Å². The minimum atomic E-state index is -3.78. The maximum Gasteiger partial charge on any atom is 0.192 e. The van der Waals surface area contributed by atoms with E-state index in [4.69, 9.17) is 23.4 Å². The summed E-state index contributed by atoms with van der Waals surface area (Å²) in [6, 6.07) is 18.8. The highest BCUT2D eigenvalue weighted by molar-refractivity contribution is 7.91. The Labute approximate surface area is 216 Å². The lowest BCUT2D eigenvalue weighted by Crippen LogP contribution is -2.66. The zero-order valence-corrected chi connectivity index (χ0v) is 23.7. The molecule has 2 aliphatic heterocycles. The van der Waals surface area contributed by atoms with E-state index in [9.17, 15) is 8.42 Å². The van der Waals surface area contributed by atoms with Gasteiger partial charge in [0.05, 0.1) is 12.4 Å². The highest BCUT2D eigenvalue weighted by Gasteiger charge is 2.56. The average Bonchev–Trinajstić information content (AvgIpc) is 2.83. The highest BCUT2D eigenvalue weighted by Crippen LogP contribution is 2.43. The van der Waals surface area contributed by atoms with Gasteiger partial charge in [0, 0.05) is 12.7 Å². The number of hydrogen-bond donors (Lipinski definition) is 0. The molecule has 0 N–H and O–H groups in total. The summed E-state index contributed by atoms with van der Waals surface area (Å²) in [7, 11) is -4.61. The van der Waals surface area contributed by atoms with Crippen molar-refractivity contribution in [1.29, 1.82) is 0 Å². The molecule has 2 heterocycles. The molecule has 2 fully saturated rings. The maximum atomic E-state index is 13.8. The fraction of sp³-hybridized carbons (Fsp3) is 0.556. The third-order valence-electron chi connectivity index (χ3n) is 7.43. The Kier molecular flexibility index (Phi) is 8.12. The van der Waals surface area contributed by atoms with Crippen molar-refractivity contribution in [2.45, 2.75) is 80.8 Å². The molecule has 1 unspecified atom stereocenters. The van der Waals surface area contributed by atoms with Crippen LogP contribution in [0.1, 0.15) is 38.2 Å². The SMILES string of the molecule is CO[C@H]1[C@H](O[Si](C)(C)C(C)(C)C)[C@H](S(=O)(=O)Cc2ccccc2)O[C@@H]2COC(c3ccccc3)O[C@@H]12. The maximum absolute atomic E-state index is 13.8. The van der Waals surface area contributed by atoms with Crippen LogP contribution in [0, 0.1) is 0 Å². The molecule has 2 aromatic carbocycles. The summed E-state index contributed by atoms with van der Waals surface area (Å²) in [4.78, 5) is 0. The third-order valence-corrected chi connectivity index (χ3v) is 13.7. The molecule has 2 saturated heterocycles. The Morgan fingerprint density at radius 3 is 2.14 bits per heavy atom. The van der Waals surface area contributed by atoms with Crippen LogP contribution in [0.4, 0.5) is 0 Å². The van der Waals surface area contributed by atoms with Gasteiger partial charge in [-0.3, -0.25) is 0 Å². The molecule has 2 aliphatic rings. The highest BCUT2D eigenvalue weighted by atomic mass is 32.2. The van der Waals surface area contributed by atoms with E-state index >= 15 is 0 Å². The monoisotopic (exact) mass is 534 g/mol. The molecule has 0 spiro atoms. The Morgan fingerprint density at radius 2 is 1.56 bits per heavy atom. The van der Waals surface area contributed by atoms with E-state index in [1.54, 1.807) is 19.2 Å². The summed E-state index contributed by atoms with van der Waals surface area (Å²) in [6.45, 7) is 10.8. The predicted molar refractivity (Wildman–Crippen MR) is 141 cm³/mol. The van der Waals surface area contributed by atoms with Crippen molar-refractivity contribution >= 4 is 18.2 Å². The number of rotatable bonds is 7. The minimum absolute atomic E-state index is 0.140. The number of fused-ring (bicyclic) bond motifs is 1. The van der Waals surface area contributed by atoms with Gasteiger partial charge in [0.15, 0.2) is 29.9 Å². The van der Waals surface area contributed by atoms with Gasteiger partial charge < -0.3 is 23.4 Å². The fourth-order valence-electron chi connectivity index (χ4n) is 4.41. The van der Waals surface area contributed by atoms with Gasteiger partial charge in [-0.05, 0) is 23.7 Å². The largest absolute Gasteiger partial charge is 0.407 e. The van der Waals surface area contributed by atoms with Crippen LogP contribution >= 0.6 is 0 Å². The lowest BCUT2D eigenvalue weighted by atomic mass is 9.98. The van der Waals surface area contributed by atoms with Crippen LogP contribution in [0.2, 0.25) is 18.1 Å². The summed E-state index contributed by atoms with van der Waals surface area (Å²) in [5.41, 5.74) is 0.369. The van der Waals surface area contributed by atoms with Gasteiger partial charge in [-0.15, -0.1) is 0 Å². The van der Waals surface area contributed by atoms with Crippen molar-refractivity contribution in [2.75, 3.05) is 13.7 Å². The number of benzene rings is 2. The molecule has 0 amide bonds. The topological polar surface area (TPSA) is 80.3 Å². The summed E-state index contributed by atoms with van der Waals surface area (Å²) in [5, 5.41) is -0.140. The predicted octanol–water partition coefficient (Wildman–Crippen LogP) is 4.85. The molecule has 0 aromatic heterocycles. The molecule has 9 heteroatoms. The van der Waals surface area contributed by atoms with E-state index < -0.39 is 54.3 Å². The minimum Gasteiger partial charge on any atom is -0.407 e. The van der Waals surface area contributed by atoms with Gasteiger partial charge in [0.25, 0.3) is 0 Å². The van der Waals surface area contributed by atoms with E-state index in [0.717, 1.165) is 5.56 Å². The van der Waals surface area contributed by atoms with Crippen LogP contribution < -0.4 is 0 Å². The van der Waals surface area contributed by atoms with Crippen LogP contribution in [-0.2, 0) is 39.0 Å². The van der Waals surface area contributed by atoms with Gasteiger partial charge in [-0.1, -0.05) is 81.4 Å². The standard InChI is InChI=1S/C27H38O7SSi/c1-27(2,3)36(5,6)34-24-23(30-4)22-21(17-31-25(33-22)20-15-11-8-12-16-20)32-26(24)35(28,29)18-19-13-9-7-10-14-19/h7-16,21-26H,17-18H2,1-6H3/t21-,22-,23-,24+,25?,26+/m1/s1. The van der Waals surface area contributed by atoms with Crippen LogP contribution in [0.5, 0.6) is 0 Å². The van der Waals surface area contributed by atoms with E-state index in [0.29, 0.717) is 5.56 Å². The summed E-state index contributed by atoms with van der Waals surface area (Å²) >= 11 is 0. The van der Waals surface area contributed by atoms with Crippen molar-refractivity contribution in [2.24, 2.45) is 0 Å². The number of methoxy groups -OCH3 is 1. The second-order valence-electron chi connectivity index (χ2n) is 11.1. The molecular formula is C27H38O7SSi. The summed E-state index contributed by atoms with van der Waals surface area (Å²) in [6.07, 6.45) is -3.25. The lowest BCUT2D eigenvalue weighted by Gasteiger charge is -2.51. The van der Waals surface area contributed by atoms with Gasteiger partial charge >= 0.3 is 0 Å². The van der Waals surface area contributed by atoms with E-state index in [-0.39, 0.29) is 17.4 Å². The number of ether oxygens (including phenoxy) is 4. The van der Waals surface area contributed by atoms with E-state index in [2.05, 4.69) is 33.9 Å².